The number of nitrogens with two attached hydrogens (primary N) is 1. The van der Waals surface area contributed by atoms with Gasteiger partial charge >= 0.3 is 0 Å². The number of nitrogens with zero attached hydrogens (tertiary/aromatic N) is 2. The zero-order valence-corrected chi connectivity index (χ0v) is 17.6. The first-order valence-electron chi connectivity index (χ1n) is 9.41. The Morgan fingerprint density at radius 3 is 2.80 bits per heavy atom. The molecule has 2 aromatic carbocycles. The molecule has 1 aromatic heterocycles. The summed E-state index contributed by atoms with van der Waals surface area (Å²) in [5, 5.41) is 15.0. The van der Waals surface area contributed by atoms with Crippen molar-refractivity contribution in [2.75, 3.05) is 32.9 Å². The molecule has 0 aliphatic rings. The molecule has 0 radical (unpaired) electrons. The minimum atomic E-state index is -0.659. The lowest BCUT2D eigenvalue weighted by atomic mass is 10.0. The molecule has 1 heterocycles. The van der Waals surface area contributed by atoms with E-state index in [2.05, 4.69) is 22.1 Å². The number of likely N-dealkylation sites (N-methyl/N-ethyl adjacent to an activating group) is 1. The Hall–Kier alpha value is -3.11. The van der Waals surface area contributed by atoms with Gasteiger partial charge in [-0.1, -0.05) is 41.6 Å². The number of aliphatic hydroxyl groups excluding tert-OH is 1. The van der Waals surface area contributed by atoms with Crippen LogP contribution in [0.3, 0.4) is 0 Å². The Morgan fingerprint density at radius 2 is 2.03 bits per heavy atom. The van der Waals surface area contributed by atoms with Crippen LogP contribution < -0.4 is 11.1 Å². The Bertz CT molecular complexity index is 1130. The fourth-order valence-electron chi connectivity index (χ4n) is 3.04. The molecular weight excluding hydrogens is 400 g/mol. The highest BCUT2D eigenvalue weighted by Crippen LogP contribution is 2.25. The lowest BCUT2D eigenvalue weighted by molar-refractivity contribution is 0.0892. The third-order valence-electron chi connectivity index (χ3n) is 4.45. The molecule has 154 valence electrons. The average molecular weight is 423 g/mol. The van der Waals surface area contributed by atoms with E-state index >= 15 is 0 Å². The quantitative estimate of drug-likeness (QED) is 0.549. The molecule has 4 N–H and O–H groups in total. The first kappa shape index (κ1) is 21.6. The number of rotatable bonds is 5. The van der Waals surface area contributed by atoms with Gasteiger partial charge in [0, 0.05) is 40.6 Å². The number of benzene rings is 2. The van der Waals surface area contributed by atoms with Crippen LogP contribution in [0.15, 0.2) is 48.7 Å². The van der Waals surface area contributed by atoms with Crippen molar-refractivity contribution in [1.29, 1.82) is 0 Å². The largest absolute Gasteiger partial charge is 0.390 e. The number of aliphatic hydroxyl groups is 1. The average Bonchev–Trinajstić information content (AvgIpc) is 2.71. The van der Waals surface area contributed by atoms with Gasteiger partial charge in [-0.25, -0.2) is 4.98 Å². The van der Waals surface area contributed by atoms with E-state index in [0.717, 1.165) is 10.8 Å². The van der Waals surface area contributed by atoms with Crippen LogP contribution in [-0.2, 0) is 0 Å². The van der Waals surface area contributed by atoms with E-state index in [9.17, 15) is 9.90 Å². The number of anilines is 1. The summed E-state index contributed by atoms with van der Waals surface area (Å²) in [5.41, 5.74) is 7.59. The number of pyridine rings is 1. The summed E-state index contributed by atoms with van der Waals surface area (Å²) in [4.78, 5) is 18.7. The Labute approximate surface area is 180 Å². The van der Waals surface area contributed by atoms with Crippen molar-refractivity contribution in [3.05, 3.63) is 70.4 Å². The summed E-state index contributed by atoms with van der Waals surface area (Å²) in [6, 6.07) is 12.5. The van der Waals surface area contributed by atoms with Crippen LogP contribution in [0.1, 0.15) is 21.5 Å². The van der Waals surface area contributed by atoms with Gasteiger partial charge in [-0.15, -0.1) is 0 Å². The molecule has 7 heteroatoms. The first-order valence-corrected chi connectivity index (χ1v) is 9.78. The van der Waals surface area contributed by atoms with E-state index in [4.69, 9.17) is 17.3 Å². The van der Waals surface area contributed by atoms with Crippen molar-refractivity contribution in [2.45, 2.75) is 6.10 Å². The summed E-state index contributed by atoms with van der Waals surface area (Å²) in [6.45, 7) is 0.606. The maximum Gasteiger partial charge on any atom is 0.252 e. The first-order chi connectivity index (χ1) is 14.3. The highest BCUT2D eigenvalue weighted by atomic mass is 35.5. The zero-order valence-electron chi connectivity index (χ0n) is 16.8. The van der Waals surface area contributed by atoms with Gasteiger partial charge in [0.1, 0.15) is 5.82 Å². The van der Waals surface area contributed by atoms with Gasteiger partial charge in [-0.2, -0.15) is 0 Å². The Balaban J connectivity index is 1.89. The molecule has 0 aliphatic carbocycles. The normalized spacial score (nSPS) is 11.8. The van der Waals surface area contributed by atoms with Gasteiger partial charge in [-0.3, -0.25) is 4.79 Å². The maximum absolute atomic E-state index is 12.6. The maximum atomic E-state index is 12.6. The second-order valence-electron chi connectivity index (χ2n) is 7.17. The van der Waals surface area contributed by atoms with Crippen molar-refractivity contribution in [1.82, 2.24) is 15.2 Å². The molecular formula is C23H23ClN4O2. The Kier molecular flexibility index (Phi) is 6.91. The van der Waals surface area contributed by atoms with Crippen molar-refractivity contribution >= 4 is 34.1 Å². The summed E-state index contributed by atoms with van der Waals surface area (Å²) in [7, 11) is 3.72. The summed E-state index contributed by atoms with van der Waals surface area (Å²) < 4.78 is 0. The molecule has 0 fully saturated rings. The van der Waals surface area contributed by atoms with Gasteiger partial charge in [0.15, 0.2) is 0 Å². The number of hydrogen-bond acceptors (Lipinski definition) is 5. The summed E-state index contributed by atoms with van der Waals surface area (Å²) >= 11 is 6.13. The van der Waals surface area contributed by atoms with Gasteiger partial charge in [0.05, 0.1) is 17.2 Å². The number of carbonyl (C=O) groups is 1. The van der Waals surface area contributed by atoms with E-state index in [1.165, 1.54) is 0 Å². The standard InChI is InChI=1S/C23H23ClN4O2/c1-28(2)14-18(29)13-27-23(30)19-6-4-3-5-15(19)8-10-20-21-11-17(24)9-7-16(21)12-26-22(20)25/h3-7,9,11-12,18,29H,13-14H2,1-2H3,(H2,25,26)(H,27,30). The van der Waals surface area contributed by atoms with Gasteiger partial charge in [-0.05, 0) is 38.4 Å². The molecule has 3 aromatic rings. The lowest BCUT2D eigenvalue weighted by Crippen LogP contribution is -2.37. The van der Waals surface area contributed by atoms with Crippen LogP contribution in [0.2, 0.25) is 5.02 Å². The second-order valence-corrected chi connectivity index (χ2v) is 7.61. The molecule has 1 atom stereocenters. The molecule has 30 heavy (non-hydrogen) atoms. The predicted octanol–water partition coefficient (Wildman–Crippen LogP) is 2.52. The van der Waals surface area contributed by atoms with Gasteiger partial charge in [0.2, 0.25) is 0 Å². The number of hydrogen-bond donors (Lipinski definition) is 3. The van der Waals surface area contributed by atoms with Gasteiger partial charge in [0.25, 0.3) is 5.91 Å². The molecule has 0 saturated heterocycles. The van der Waals surface area contributed by atoms with Crippen LogP contribution in [0, 0.1) is 11.8 Å². The highest BCUT2D eigenvalue weighted by molar-refractivity contribution is 6.31. The Morgan fingerprint density at radius 1 is 1.27 bits per heavy atom. The summed E-state index contributed by atoms with van der Waals surface area (Å²) in [5.74, 6) is 6.09. The molecule has 3 rings (SSSR count). The van der Waals surface area contributed by atoms with E-state index < -0.39 is 6.10 Å². The third kappa shape index (κ3) is 5.28. The van der Waals surface area contributed by atoms with Crippen LogP contribution in [0.25, 0.3) is 10.8 Å². The van der Waals surface area contributed by atoms with E-state index in [-0.39, 0.29) is 12.5 Å². The van der Waals surface area contributed by atoms with Crippen molar-refractivity contribution in [3.8, 4) is 11.8 Å². The highest BCUT2D eigenvalue weighted by Gasteiger charge is 2.13. The second kappa shape index (κ2) is 9.59. The van der Waals surface area contributed by atoms with E-state index in [0.29, 0.717) is 34.1 Å². The van der Waals surface area contributed by atoms with Gasteiger partial charge < -0.3 is 21.1 Å². The minimum absolute atomic E-state index is 0.150. The number of nitrogen functional groups attached to an aromatic ring is 1. The van der Waals surface area contributed by atoms with Crippen LogP contribution in [0.4, 0.5) is 5.82 Å². The molecule has 0 bridgehead atoms. The zero-order chi connectivity index (χ0) is 21.7. The molecule has 1 amide bonds. The fraction of sp³-hybridized carbons (Fsp3) is 0.217. The molecule has 0 saturated carbocycles. The van der Waals surface area contributed by atoms with Crippen molar-refractivity contribution in [2.24, 2.45) is 0 Å². The monoisotopic (exact) mass is 422 g/mol. The SMILES string of the molecule is CN(C)CC(O)CNC(=O)c1ccccc1C#Cc1c(N)ncc2ccc(Cl)cc12. The number of amides is 1. The van der Waals surface area contributed by atoms with E-state index in [1.807, 2.05) is 31.1 Å². The van der Waals surface area contributed by atoms with Crippen molar-refractivity contribution < 1.29 is 9.90 Å². The van der Waals surface area contributed by atoms with Crippen LogP contribution in [0.5, 0.6) is 0 Å². The smallest absolute Gasteiger partial charge is 0.252 e. The fourth-order valence-corrected chi connectivity index (χ4v) is 3.21. The summed E-state index contributed by atoms with van der Waals surface area (Å²) in [6.07, 6.45) is 1.01. The van der Waals surface area contributed by atoms with E-state index in [1.54, 1.807) is 36.5 Å². The number of halogens is 1. The number of fused-ring (bicyclic) bond motifs is 1. The molecule has 0 spiro atoms. The third-order valence-corrected chi connectivity index (χ3v) is 4.69. The molecule has 0 aliphatic heterocycles. The lowest BCUT2D eigenvalue weighted by Gasteiger charge is -2.16. The number of aromatic nitrogens is 1. The van der Waals surface area contributed by atoms with Crippen LogP contribution >= 0.6 is 11.6 Å². The number of nitrogens with one attached hydrogen (secondary N) is 1. The minimum Gasteiger partial charge on any atom is -0.390 e. The van der Waals surface area contributed by atoms with Crippen LogP contribution in [-0.4, -0.2) is 54.2 Å². The topological polar surface area (TPSA) is 91.5 Å². The number of carbonyl (C=O) groups excluding carboxylic acids is 1. The van der Waals surface area contributed by atoms with Crippen molar-refractivity contribution in [3.63, 3.8) is 0 Å². The molecule has 6 nitrogen and oxygen atoms in total. The predicted molar refractivity (Wildman–Crippen MR) is 120 cm³/mol. The molecule has 1 unspecified atom stereocenters.